The minimum absolute atomic E-state index is 0.0374. The molecule has 18 heavy (non-hydrogen) atoms. The Morgan fingerprint density at radius 3 is 2.94 bits per heavy atom. The fourth-order valence-corrected chi connectivity index (χ4v) is 2.50. The third kappa shape index (κ3) is 2.56. The summed E-state index contributed by atoms with van der Waals surface area (Å²) in [6, 6.07) is 4.49. The van der Waals surface area contributed by atoms with Crippen molar-refractivity contribution in [2.75, 3.05) is 13.7 Å². The van der Waals surface area contributed by atoms with E-state index in [1.807, 2.05) is 0 Å². The molecule has 0 amide bonds. The molecule has 3 nitrogen and oxygen atoms in total. The highest BCUT2D eigenvalue weighted by Gasteiger charge is 2.13. The van der Waals surface area contributed by atoms with Crippen LogP contribution in [0, 0.1) is 5.82 Å². The predicted octanol–water partition coefficient (Wildman–Crippen LogP) is 3.39. The third-order valence-electron chi connectivity index (χ3n) is 2.78. The van der Waals surface area contributed by atoms with Gasteiger partial charge in [-0.05, 0) is 23.8 Å². The van der Waals surface area contributed by atoms with Gasteiger partial charge in [0.25, 0.3) is 0 Å². The summed E-state index contributed by atoms with van der Waals surface area (Å²) in [7, 11) is 1.56. The van der Waals surface area contributed by atoms with Crippen LogP contribution in [0.5, 0.6) is 0 Å². The van der Waals surface area contributed by atoms with Gasteiger partial charge in [0.05, 0.1) is 18.5 Å². The summed E-state index contributed by atoms with van der Waals surface area (Å²) in [6.45, 7) is 0.388. The maximum Gasteiger partial charge on any atom is 0.233 e. The van der Waals surface area contributed by atoms with Crippen LogP contribution in [0.3, 0.4) is 0 Å². The Morgan fingerprint density at radius 2 is 2.28 bits per heavy atom. The molecule has 2 rings (SSSR count). The van der Waals surface area contributed by atoms with Gasteiger partial charge in [-0.1, -0.05) is 22.6 Å². The van der Waals surface area contributed by atoms with E-state index in [-0.39, 0.29) is 11.7 Å². The molecule has 0 radical (unpaired) electrons. The van der Waals surface area contributed by atoms with Crippen LogP contribution in [0.1, 0.15) is 16.8 Å². The Morgan fingerprint density at radius 1 is 1.50 bits per heavy atom. The number of fused-ring (bicyclic) bond motifs is 1. The zero-order chi connectivity index (χ0) is 13.1. The van der Waals surface area contributed by atoms with E-state index in [2.05, 4.69) is 22.6 Å². The molecular weight excluding hydrogens is 348 g/mol. The fourth-order valence-electron chi connectivity index (χ4n) is 1.89. The van der Waals surface area contributed by atoms with E-state index in [0.29, 0.717) is 13.0 Å². The van der Waals surface area contributed by atoms with Crippen molar-refractivity contribution < 1.29 is 13.9 Å². The van der Waals surface area contributed by atoms with Gasteiger partial charge >= 0.3 is 0 Å². The second kappa shape index (κ2) is 5.79. The molecule has 0 fully saturated rings. The SMILES string of the molecule is COCCC(=O)n1cc(CI)c2cc(F)ccc21. The lowest BCUT2D eigenvalue weighted by molar-refractivity contribution is 0.0856. The summed E-state index contributed by atoms with van der Waals surface area (Å²) >= 11 is 2.21. The highest BCUT2D eigenvalue weighted by atomic mass is 127. The van der Waals surface area contributed by atoms with Gasteiger partial charge in [-0.3, -0.25) is 9.36 Å². The molecule has 5 heteroatoms. The van der Waals surface area contributed by atoms with E-state index in [1.165, 1.54) is 12.1 Å². The average molecular weight is 361 g/mol. The number of benzene rings is 1. The minimum Gasteiger partial charge on any atom is -0.384 e. The van der Waals surface area contributed by atoms with Crippen molar-refractivity contribution in [2.24, 2.45) is 0 Å². The zero-order valence-electron chi connectivity index (χ0n) is 9.95. The second-order valence-corrected chi connectivity index (χ2v) is 4.72. The summed E-state index contributed by atoms with van der Waals surface area (Å²) in [5, 5.41) is 0.801. The molecule has 0 aliphatic rings. The molecule has 0 spiro atoms. The number of ether oxygens (including phenoxy) is 1. The Hall–Kier alpha value is -0.950. The molecule has 2 aromatic rings. The lowest BCUT2D eigenvalue weighted by Crippen LogP contribution is -2.11. The van der Waals surface area contributed by atoms with Crippen LogP contribution >= 0.6 is 22.6 Å². The summed E-state index contributed by atoms with van der Waals surface area (Å²) in [5.74, 6) is -0.319. The first-order valence-corrected chi connectivity index (χ1v) is 7.07. The summed E-state index contributed by atoms with van der Waals surface area (Å²) < 4.78 is 20.5. The van der Waals surface area contributed by atoms with Crippen LogP contribution in [0.4, 0.5) is 4.39 Å². The lowest BCUT2D eigenvalue weighted by Gasteiger charge is -2.03. The summed E-state index contributed by atoms with van der Waals surface area (Å²) in [4.78, 5) is 12.0. The molecule has 0 unspecified atom stereocenters. The van der Waals surface area contributed by atoms with Crippen LogP contribution in [0.15, 0.2) is 24.4 Å². The number of nitrogens with zero attached hydrogens (tertiary/aromatic N) is 1. The Kier molecular flexibility index (Phi) is 4.34. The standard InChI is InChI=1S/C13H13FINO2/c1-18-5-4-13(17)16-8-9(7-15)11-6-10(14)2-3-12(11)16/h2-3,6,8H,4-5,7H2,1H3. The van der Waals surface area contributed by atoms with E-state index in [1.54, 1.807) is 23.9 Å². The molecule has 1 aromatic carbocycles. The first-order chi connectivity index (χ1) is 8.67. The van der Waals surface area contributed by atoms with Gasteiger partial charge in [0.1, 0.15) is 5.82 Å². The van der Waals surface area contributed by atoms with E-state index in [0.717, 1.165) is 20.9 Å². The number of aromatic nitrogens is 1. The number of carbonyl (C=O) groups is 1. The van der Waals surface area contributed by atoms with E-state index in [4.69, 9.17) is 4.74 Å². The quantitative estimate of drug-likeness (QED) is 0.618. The molecule has 96 valence electrons. The number of alkyl halides is 1. The summed E-state index contributed by atoms with van der Waals surface area (Å²) in [6.07, 6.45) is 2.10. The van der Waals surface area contributed by atoms with Crippen molar-refractivity contribution in [1.29, 1.82) is 0 Å². The highest BCUT2D eigenvalue weighted by molar-refractivity contribution is 14.1. The van der Waals surface area contributed by atoms with E-state index in [9.17, 15) is 9.18 Å². The van der Waals surface area contributed by atoms with Crippen LogP contribution in [-0.2, 0) is 9.16 Å². The minimum atomic E-state index is -0.282. The van der Waals surface area contributed by atoms with E-state index < -0.39 is 0 Å². The summed E-state index contributed by atoms with van der Waals surface area (Å²) in [5.41, 5.74) is 1.72. The number of methoxy groups -OCH3 is 1. The van der Waals surface area contributed by atoms with Gasteiger partial charge in [-0.15, -0.1) is 0 Å². The molecule has 0 N–H and O–H groups in total. The molecule has 1 aromatic heterocycles. The second-order valence-electron chi connectivity index (χ2n) is 3.96. The van der Waals surface area contributed by atoms with Crippen molar-refractivity contribution in [1.82, 2.24) is 4.57 Å². The number of carbonyl (C=O) groups excluding carboxylic acids is 1. The molecule has 0 atom stereocenters. The maximum atomic E-state index is 13.2. The van der Waals surface area contributed by atoms with E-state index >= 15 is 0 Å². The Balaban J connectivity index is 2.48. The molecule has 0 aliphatic carbocycles. The predicted molar refractivity (Wildman–Crippen MR) is 76.7 cm³/mol. The van der Waals surface area contributed by atoms with Gasteiger partial charge in [-0.2, -0.15) is 0 Å². The maximum absolute atomic E-state index is 13.2. The Labute approximate surface area is 118 Å². The van der Waals surface area contributed by atoms with Crippen molar-refractivity contribution in [3.05, 3.63) is 35.8 Å². The Bertz CT molecular complexity index is 580. The van der Waals surface area contributed by atoms with Crippen LogP contribution in [0.25, 0.3) is 10.9 Å². The number of rotatable bonds is 4. The zero-order valence-corrected chi connectivity index (χ0v) is 12.1. The largest absolute Gasteiger partial charge is 0.384 e. The number of halogens is 2. The van der Waals surface area contributed by atoms with Crippen molar-refractivity contribution in [2.45, 2.75) is 10.8 Å². The smallest absolute Gasteiger partial charge is 0.233 e. The van der Waals surface area contributed by atoms with Crippen LogP contribution in [-0.4, -0.2) is 24.2 Å². The van der Waals surface area contributed by atoms with Crippen LogP contribution in [0.2, 0.25) is 0 Å². The van der Waals surface area contributed by atoms with Gasteiger partial charge in [0.15, 0.2) is 0 Å². The number of hydrogen-bond donors (Lipinski definition) is 0. The monoisotopic (exact) mass is 361 g/mol. The average Bonchev–Trinajstić information content (AvgIpc) is 2.73. The fraction of sp³-hybridized carbons (Fsp3) is 0.308. The molecule has 0 saturated heterocycles. The van der Waals surface area contributed by atoms with Crippen molar-refractivity contribution in [3.63, 3.8) is 0 Å². The molecule has 1 heterocycles. The molecule has 0 aliphatic heterocycles. The third-order valence-corrected chi connectivity index (χ3v) is 3.60. The number of hydrogen-bond acceptors (Lipinski definition) is 2. The normalized spacial score (nSPS) is 11.1. The topological polar surface area (TPSA) is 31.2 Å². The first-order valence-electron chi connectivity index (χ1n) is 5.55. The van der Waals surface area contributed by atoms with Crippen molar-refractivity contribution >= 4 is 39.4 Å². The highest BCUT2D eigenvalue weighted by Crippen LogP contribution is 2.24. The van der Waals surface area contributed by atoms with Crippen molar-refractivity contribution in [3.8, 4) is 0 Å². The van der Waals surface area contributed by atoms with Crippen LogP contribution < -0.4 is 0 Å². The molecule has 0 bridgehead atoms. The lowest BCUT2D eigenvalue weighted by atomic mass is 10.2. The van der Waals surface area contributed by atoms with Gasteiger partial charge in [0, 0.05) is 23.1 Å². The van der Waals surface area contributed by atoms with Gasteiger partial charge in [0.2, 0.25) is 5.91 Å². The first kappa shape index (κ1) is 13.5. The molecular formula is C13H13FINO2. The van der Waals surface area contributed by atoms with Gasteiger partial charge in [-0.25, -0.2) is 4.39 Å². The molecule has 0 saturated carbocycles. The van der Waals surface area contributed by atoms with Gasteiger partial charge < -0.3 is 4.74 Å².